The first-order valence-corrected chi connectivity index (χ1v) is 10.7. The second-order valence-corrected chi connectivity index (χ2v) is 10.5. The third-order valence-electron chi connectivity index (χ3n) is 4.03. The van der Waals surface area contributed by atoms with E-state index in [0.717, 1.165) is 6.26 Å². The standard InChI is InChI=1S/C18H35NO6S/c1-14(17(2,3)4)25-15(13-24-16(21)10-9-11-20)12-19(18(5,6)7)26(8,22)23/h11,14-15H,9-10,12-13H2,1-8H3/t14-,15-/m0/s1. The zero-order chi connectivity index (χ0) is 20.8. The zero-order valence-electron chi connectivity index (χ0n) is 17.4. The lowest BCUT2D eigenvalue weighted by atomic mass is 9.90. The molecule has 0 aromatic heterocycles. The fourth-order valence-electron chi connectivity index (χ4n) is 2.15. The van der Waals surface area contributed by atoms with Crippen molar-refractivity contribution in [3.63, 3.8) is 0 Å². The van der Waals surface area contributed by atoms with Gasteiger partial charge in [0, 0.05) is 18.5 Å². The Morgan fingerprint density at radius 1 is 1.15 bits per heavy atom. The summed E-state index contributed by atoms with van der Waals surface area (Å²) >= 11 is 0. The van der Waals surface area contributed by atoms with Gasteiger partial charge in [-0.3, -0.25) is 4.79 Å². The van der Waals surface area contributed by atoms with E-state index in [1.165, 1.54) is 4.31 Å². The van der Waals surface area contributed by atoms with Crippen LogP contribution in [0.1, 0.15) is 61.3 Å². The van der Waals surface area contributed by atoms with Crippen LogP contribution in [0.4, 0.5) is 0 Å². The number of carbonyl (C=O) groups excluding carboxylic acids is 2. The number of esters is 1. The molecule has 2 atom stereocenters. The summed E-state index contributed by atoms with van der Waals surface area (Å²) in [4.78, 5) is 22.1. The molecule has 0 rings (SSSR count). The van der Waals surface area contributed by atoms with Crippen molar-refractivity contribution in [1.82, 2.24) is 4.31 Å². The number of rotatable bonds is 10. The summed E-state index contributed by atoms with van der Waals surface area (Å²) in [5.41, 5.74) is -0.793. The van der Waals surface area contributed by atoms with Crippen molar-refractivity contribution in [3.05, 3.63) is 0 Å². The Bertz CT molecular complexity index is 559. The molecule has 0 saturated carbocycles. The summed E-state index contributed by atoms with van der Waals surface area (Å²) in [7, 11) is -3.48. The number of aldehydes is 1. The highest BCUT2D eigenvalue weighted by molar-refractivity contribution is 7.88. The van der Waals surface area contributed by atoms with E-state index >= 15 is 0 Å². The number of nitrogens with zero attached hydrogens (tertiary/aromatic N) is 1. The van der Waals surface area contributed by atoms with Crippen molar-refractivity contribution in [1.29, 1.82) is 0 Å². The van der Waals surface area contributed by atoms with Crippen LogP contribution in [0.25, 0.3) is 0 Å². The first kappa shape index (κ1) is 25.0. The van der Waals surface area contributed by atoms with Crippen molar-refractivity contribution in [2.45, 2.75) is 79.1 Å². The number of sulfonamides is 1. The largest absolute Gasteiger partial charge is 0.463 e. The van der Waals surface area contributed by atoms with Crippen LogP contribution in [0.5, 0.6) is 0 Å². The van der Waals surface area contributed by atoms with Gasteiger partial charge in [0.15, 0.2) is 0 Å². The normalized spacial score (nSPS) is 15.6. The Hall–Kier alpha value is -0.990. The molecule has 0 aliphatic rings. The molecule has 7 nitrogen and oxygen atoms in total. The summed E-state index contributed by atoms with van der Waals surface area (Å²) in [6.07, 6.45) is 1.11. The van der Waals surface area contributed by atoms with E-state index in [0.29, 0.717) is 6.29 Å². The molecule has 0 spiro atoms. The molecule has 0 saturated heterocycles. The van der Waals surface area contributed by atoms with Crippen LogP contribution < -0.4 is 0 Å². The number of hydrogen-bond donors (Lipinski definition) is 0. The maximum atomic E-state index is 12.2. The van der Waals surface area contributed by atoms with Crippen LogP contribution >= 0.6 is 0 Å². The van der Waals surface area contributed by atoms with Gasteiger partial charge in [-0.1, -0.05) is 20.8 Å². The summed E-state index contributed by atoms with van der Waals surface area (Å²) in [6.45, 7) is 13.4. The molecule has 0 aliphatic carbocycles. The highest BCUT2D eigenvalue weighted by atomic mass is 32.2. The van der Waals surface area contributed by atoms with Crippen LogP contribution in [0.15, 0.2) is 0 Å². The predicted molar refractivity (Wildman–Crippen MR) is 101 cm³/mol. The van der Waals surface area contributed by atoms with E-state index in [1.807, 2.05) is 27.7 Å². The van der Waals surface area contributed by atoms with Crippen LogP contribution in [0, 0.1) is 5.41 Å². The molecule has 0 fully saturated rings. The Kier molecular flexibility index (Phi) is 9.43. The second kappa shape index (κ2) is 9.80. The van der Waals surface area contributed by atoms with E-state index in [9.17, 15) is 18.0 Å². The van der Waals surface area contributed by atoms with Crippen LogP contribution in [0.2, 0.25) is 0 Å². The van der Waals surface area contributed by atoms with E-state index in [1.54, 1.807) is 20.8 Å². The fourth-order valence-corrected chi connectivity index (χ4v) is 3.59. The van der Waals surface area contributed by atoms with Gasteiger partial charge in [0.2, 0.25) is 10.0 Å². The van der Waals surface area contributed by atoms with E-state index < -0.39 is 27.6 Å². The molecule has 0 unspecified atom stereocenters. The van der Waals surface area contributed by atoms with Gasteiger partial charge in [-0.25, -0.2) is 8.42 Å². The fraction of sp³-hybridized carbons (Fsp3) is 0.889. The van der Waals surface area contributed by atoms with Gasteiger partial charge in [0.05, 0.1) is 18.8 Å². The third-order valence-corrected chi connectivity index (χ3v) is 5.53. The number of hydrogen-bond acceptors (Lipinski definition) is 6. The molecule has 26 heavy (non-hydrogen) atoms. The molecule has 0 N–H and O–H groups in total. The third kappa shape index (κ3) is 9.64. The van der Waals surface area contributed by atoms with Gasteiger partial charge in [-0.15, -0.1) is 0 Å². The molecule has 0 heterocycles. The molecule has 8 heteroatoms. The van der Waals surface area contributed by atoms with Crippen LogP contribution in [-0.4, -0.2) is 62.1 Å². The average Bonchev–Trinajstić information content (AvgIpc) is 2.43. The first-order chi connectivity index (χ1) is 11.6. The minimum atomic E-state index is -3.48. The van der Waals surface area contributed by atoms with Crippen molar-refractivity contribution in [3.8, 4) is 0 Å². The van der Waals surface area contributed by atoms with Gasteiger partial charge in [0.1, 0.15) is 19.0 Å². The van der Waals surface area contributed by atoms with Gasteiger partial charge in [-0.2, -0.15) is 4.31 Å². The van der Waals surface area contributed by atoms with Gasteiger partial charge >= 0.3 is 5.97 Å². The summed E-state index contributed by atoms with van der Waals surface area (Å²) in [6, 6.07) is 0. The van der Waals surface area contributed by atoms with Gasteiger partial charge in [0.25, 0.3) is 0 Å². The van der Waals surface area contributed by atoms with E-state index in [4.69, 9.17) is 9.47 Å². The Morgan fingerprint density at radius 2 is 1.69 bits per heavy atom. The van der Waals surface area contributed by atoms with E-state index in [-0.39, 0.29) is 37.5 Å². The van der Waals surface area contributed by atoms with Crippen molar-refractivity contribution >= 4 is 22.3 Å². The van der Waals surface area contributed by atoms with E-state index in [2.05, 4.69) is 0 Å². The van der Waals surface area contributed by atoms with Gasteiger partial charge < -0.3 is 14.3 Å². The number of ether oxygens (including phenoxy) is 2. The summed E-state index contributed by atoms with van der Waals surface area (Å²) in [5, 5.41) is 0. The summed E-state index contributed by atoms with van der Waals surface area (Å²) < 4.78 is 37.0. The minimum Gasteiger partial charge on any atom is -0.463 e. The molecule has 0 aromatic carbocycles. The molecule has 0 aliphatic heterocycles. The first-order valence-electron chi connectivity index (χ1n) is 8.81. The van der Waals surface area contributed by atoms with Gasteiger partial charge in [-0.05, 0) is 33.1 Å². The second-order valence-electron chi connectivity index (χ2n) is 8.62. The SMILES string of the molecule is C[C@H](O[C@H](COC(=O)CCC=O)CN(C(C)(C)C)S(C)(=O)=O)C(C)(C)C. The Morgan fingerprint density at radius 3 is 2.08 bits per heavy atom. The van der Waals surface area contributed by atoms with Crippen LogP contribution in [-0.2, 0) is 29.1 Å². The number of carbonyl (C=O) groups is 2. The quantitative estimate of drug-likeness (QED) is 0.418. The molecular weight excluding hydrogens is 358 g/mol. The lowest BCUT2D eigenvalue weighted by Crippen LogP contribution is -2.51. The average molecular weight is 394 g/mol. The van der Waals surface area contributed by atoms with Crippen molar-refractivity contribution in [2.24, 2.45) is 5.41 Å². The molecule has 0 amide bonds. The molecular formula is C18H35NO6S. The topological polar surface area (TPSA) is 90.0 Å². The molecule has 154 valence electrons. The highest BCUT2D eigenvalue weighted by Gasteiger charge is 2.34. The Balaban J connectivity index is 5.29. The zero-order valence-corrected chi connectivity index (χ0v) is 18.2. The summed E-state index contributed by atoms with van der Waals surface area (Å²) in [5.74, 6) is -0.504. The lowest BCUT2D eigenvalue weighted by Gasteiger charge is -2.38. The molecule has 0 radical (unpaired) electrons. The smallest absolute Gasteiger partial charge is 0.306 e. The lowest BCUT2D eigenvalue weighted by molar-refractivity contribution is -0.152. The molecule has 0 aromatic rings. The minimum absolute atomic E-state index is 0.000105. The van der Waals surface area contributed by atoms with Crippen molar-refractivity contribution in [2.75, 3.05) is 19.4 Å². The van der Waals surface area contributed by atoms with Crippen molar-refractivity contribution < 1.29 is 27.5 Å². The monoisotopic (exact) mass is 393 g/mol. The molecule has 0 bridgehead atoms. The predicted octanol–water partition coefficient (Wildman–Crippen LogP) is 2.39. The Labute approximate surface area is 158 Å². The van der Waals surface area contributed by atoms with Crippen LogP contribution in [0.3, 0.4) is 0 Å². The maximum Gasteiger partial charge on any atom is 0.306 e. The highest BCUT2D eigenvalue weighted by Crippen LogP contribution is 2.25. The maximum absolute atomic E-state index is 12.2.